The summed E-state index contributed by atoms with van der Waals surface area (Å²) >= 11 is 0. The second-order valence-corrected chi connectivity index (χ2v) is 6.60. The second-order valence-electron chi connectivity index (χ2n) is 6.60. The standard InChI is InChI=1S/C17H27N3/c1-15-4-2-6-17(12-15)20-10-8-19(9-11-20)14-16-5-3-7-18-13-16/h3,5,7,13,15,17H,2,4,6,8-12,14H2,1H3/t15-,17-/m0/s1. The molecule has 1 saturated carbocycles. The molecule has 1 aromatic heterocycles. The molecule has 0 aromatic carbocycles. The Kier molecular flexibility index (Phi) is 4.69. The minimum absolute atomic E-state index is 0.860. The number of aromatic nitrogens is 1. The number of rotatable bonds is 3. The maximum absolute atomic E-state index is 4.21. The lowest BCUT2D eigenvalue weighted by atomic mass is 9.86. The minimum Gasteiger partial charge on any atom is -0.298 e. The highest BCUT2D eigenvalue weighted by molar-refractivity contribution is 5.08. The topological polar surface area (TPSA) is 19.4 Å². The quantitative estimate of drug-likeness (QED) is 0.844. The fraction of sp³-hybridized carbons (Fsp3) is 0.706. The van der Waals surface area contributed by atoms with Crippen molar-refractivity contribution in [3.8, 4) is 0 Å². The maximum atomic E-state index is 4.21. The Labute approximate surface area is 123 Å². The molecular formula is C17H27N3. The molecule has 2 atom stereocenters. The molecule has 0 N–H and O–H groups in total. The van der Waals surface area contributed by atoms with Gasteiger partial charge in [0.1, 0.15) is 0 Å². The Morgan fingerprint density at radius 1 is 1.20 bits per heavy atom. The van der Waals surface area contributed by atoms with Crippen LogP contribution in [0.15, 0.2) is 24.5 Å². The summed E-state index contributed by atoms with van der Waals surface area (Å²) in [5.41, 5.74) is 1.34. The fourth-order valence-electron chi connectivity index (χ4n) is 3.77. The number of hydrogen-bond acceptors (Lipinski definition) is 3. The van der Waals surface area contributed by atoms with E-state index in [2.05, 4.69) is 27.8 Å². The van der Waals surface area contributed by atoms with Crippen LogP contribution in [-0.4, -0.2) is 47.0 Å². The molecule has 1 saturated heterocycles. The summed E-state index contributed by atoms with van der Waals surface area (Å²) in [5, 5.41) is 0. The van der Waals surface area contributed by atoms with E-state index in [0.717, 1.165) is 18.5 Å². The van der Waals surface area contributed by atoms with Crippen LogP contribution >= 0.6 is 0 Å². The lowest BCUT2D eigenvalue weighted by molar-refractivity contribution is 0.0659. The molecule has 0 bridgehead atoms. The van der Waals surface area contributed by atoms with Gasteiger partial charge in [0.05, 0.1) is 0 Å². The monoisotopic (exact) mass is 273 g/mol. The van der Waals surface area contributed by atoms with Crippen molar-refractivity contribution < 1.29 is 0 Å². The van der Waals surface area contributed by atoms with Crippen molar-refractivity contribution >= 4 is 0 Å². The molecule has 3 heteroatoms. The fourth-order valence-corrected chi connectivity index (χ4v) is 3.77. The van der Waals surface area contributed by atoms with Gasteiger partial charge in [-0.2, -0.15) is 0 Å². The lowest BCUT2D eigenvalue weighted by Gasteiger charge is -2.42. The van der Waals surface area contributed by atoms with Crippen LogP contribution < -0.4 is 0 Å². The molecule has 0 radical (unpaired) electrons. The maximum Gasteiger partial charge on any atom is 0.0312 e. The van der Waals surface area contributed by atoms with Crippen molar-refractivity contribution in [2.45, 2.75) is 45.2 Å². The number of nitrogens with zero attached hydrogens (tertiary/aromatic N) is 3. The van der Waals surface area contributed by atoms with Gasteiger partial charge in [-0.1, -0.05) is 25.8 Å². The van der Waals surface area contributed by atoms with E-state index >= 15 is 0 Å². The van der Waals surface area contributed by atoms with E-state index in [1.807, 2.05) is 18.5 Å². The van der Waals surface area contributed by atoms with Gasteiger partial charge in [-0.05, 0) is 30.4 Å². The summed E-state index contributed by atoms with van der Waals surface area (Å²) < 4.78 is 0. The SMILES string of the molecule is C[C@H]1CCC[C@H](N2CCN(Cc3cccnc3)CC2)C1. The lowest BCUT2D eigenvalue weighted by Crippen LogP contribution is -2.50. The zero-order chi connectivity index (χ0) is 13.8. The van der Waals surface area contributed by atoms with Gasteiger partial charge < -0.3 is 0 Å². The summed E-state index contributed by atoms with van der Waals surface area (Å²) in [6.07, 6.45) is 9.57. The summed E-state index contributed by atoms with van der Waals surface area (Å²) in [6.45, 7) is 8.39. The zero-order valence-electron chi connectivity index (χ0n) is 12.7. The largest absolute Gasteiger partial charge is 0.298 e. The molecule has 3 rings (SSSR count). The van der Waals surface area contributed by atoms with Crippen LogP contribution in [0.4, 0.5) is 0 Å². The molecule has 2 aliphatic rings. The van der Waals surface area contributed by atoms with Crippen LogP contribution in [0.1, 0.15) is 38.2 Å². The summed E-state index contributed by atoms with van der Waals surface area (Å²) in [4.78, 5) is 9.52. The summed E-state index contributed by atoms with van der Waals surface area (Å²) in [6, 6.07) is 5.08. The predicted molar refractivity (Wildman–Crippen MR) is 82.5 cm³/mol. The van der Waals surface area contributed by atoms with Crippen molar-refractivity contribution in [3.05, 3.63) is 30.1 Å². The zero-order valence-corrected chi connectivity index (χ0v) is 12.7. The predicted octanol–water partition coefficient (Wildman–Crippen LogP) is 2.78. The Morgan fingerprint density at radius 2 is 2.05 bits per heavy atom. The van der Waals surface area contributed by atoms with Gasteiger partial charge in [0.2, 0.25) is 0 Å². The summed E-state index contributed by atoms with van der Waals surface area (Å²) in [5.74, 6) is 0.933. The van der Waals surface area contributed by atoms with E-state index in [4.69, 9.17) is 0 Å². The number of hydrogen-bond donors (Lipinski definition) is 0. The van der Waals surface area contributed by atoms with Gasteiger partial charge in [-0.15, -0.1) is 0 Å². The average molecular weight is 273 g/mol. The molecule has 2 heterocycles. The van der Waals surface area contributed by atoms with Gasteiger partial charge in [0, 0.05) is 51.2 Å². The minimum atomic E-state index is 0.860. The summed E-state index contributed by atoms with van der Waals surface area (Å²) in [7, 11) is 0. The van der Waals surface area contributed by atoms with Gasteiger partial charge in [0.25, 0.3) is 0 Å². The molecule has 3 nitrogen and oxygen atoms in total. The van der Waals surface area contributed by atoms with Crippen molar-refractivity contribution in [1.29, 1.82) is 0 Å². The number of pyridine rings is 1. The highest BCUT2D eigenvalue weighted by atomic mass is 15.3. The normalized spacial score (nSPS) is 29.4. The highest BCUT2D eigenvalue weighted by Crippen LogP contribution is 2.28. The Morgan fingerprint density at radius 3 is 2.75 bits per heavy atom. The molecule has 0 spiro atoms. The third-order valence-electron chi connectivity index (χ3n) is 4.96. The van der Waals surface area contributed by atoms with Crippen LogP contribution in [0, 0.1) is 5.92 Å². The van der Waals surface area contributed by atoms with Crippen LogP contribution in [-0.2, 0) is 6.54 Å². The smallest absolute Gasteiger partial charge is 0.0312 e. The van der Waals surface area contributed by atoms with Crippen LogP contribution in [0.3, 0.4) is 0 Å². The first-order valence-electron chi connectivity index (χ1n) is 8.16. The van der Waals surface area contributed by atoms with Crippen molar-refractivity contribution in [1.82, 2.24) is 14.8 Å². The van der Waals surface area contributed by atoms with Gasteiger partial charge in [-0.25, -0.2) is 0 Å². The first kappa shape index (κ1) is 14.0. The molecule has 2 fully saturated rings. The number of piperazine rings is 1. The molecule has 20 heavy (non-hydrogen) atoms. The van der Waals surface area contributed by atoms with E-state index in [-0.39, 0.29) is 0 Å². The van der Waals surface area contributed by atoms with E-state index in [9.17, 15) is 0 Å². The van der Waals surface area contributed by atoms with E-state index in [0.29, 0.717) is 0 Å². The Bertz CT molecular complexity index is 398. The Hall–Kier alpha value is -0.930. The van der Waals surface area contributed by atoms with E-state index in [1.165, 1.54) is 57.4 Å². The molecule has 1 aromatic rings. The average Bonchev–Trinajstić information content (AvgIpc) is 2.49. The Balaban J connectivity index is 1.47. The first-order chi connectivity index (χ1) is 9.81. The van der Waals surface area contributed by atoms with Gasteiger partial charge in [-0.3, -0.25) is 14.8 Å². The van der Waals surface area contributed by atoms with Crippen LogP contribution in [0.2, 0.25) is 0 Å². The van der Waals surface area contributed by atoms with Crippen LogP contribution in [0.25, 0.3) is 0 Å². The van der Waals surface area contributed by atoms with Crippen LogP contribution in [0.5, 0.6) is 0 Å². The molecular weight excluding hydrogens is 246 g/mol. The molecule has 0 amide bonds. The molecule has 1 aliphatic carbocycles. The van der Waals surface area contributed by atoms with E-state index in [1.54, 1.807) is 0 Å². The third kappa shape index (κ3) is 3.58. The van der Waals surface area contributed by atoms with Crippen molar-refractivity contribution in [2.75, 3.05) is 26.2 Å². The molecule has 110 valence electrons. The van der Waals surface area contributed by atoms with Crippen molar-refractivity contribution in [2.24, 2.45) is 5.92 Å². The van der Waals surface area contributed by atoms with Gasteiger partial charge in [0.15, 0.2) is 0 Å². The first-order valence-corrected chi connectivity index (χ1v) is 8.16. The van der Waals surface area contributed by atoms with Crippen molar-refractivity contribution in [3.63, 3.8) is 0 Å². The highest BCUT2D eigenvalue weighted by Gasteiger charge is 2.27. The molecule has 0 unspecified atom stereocenters. The van der Waals surface area contributed by atoms with Gasteiger partial charge >= 0.3 is 0 Å². The third-order valence-corrected chi connectivity index (χ3v) is 4.96. The second kappa shape index (κ2) is 6.68. The molecule has 1 aliphatic heterocycles. The van der Waals surface area contributed by atoms with E-state index < -0.39 is 0 Å².